The minimum atomic E-state index is -2.41. The molecule has 0 aromatic rings. The molecule has 9 heteroatoms. The summed E-state index contributed by atoms with van der Waals surface area (Å²) in [4.78, 5) is 31.3. The topological polar surface area (TPSA) is 78.9 Å². The van der Waals surface area contributed by atoms with E-state index in [9.17, 15) is 14.4 Å². The van der Waals surface area contributed by atoms with E-state index in [2.05, 4.69) is 70.3 Å². The summed E-state index contributed by atoms with van der Waals surface area (Å²) >= 11 is 0. The highest BCUT2D eigenvalue weighted by molar-refractivity contribution is 6.43. The van der Waals surface area contributed by atoms with Crippen molar-refractivity contribution in [3.8, 4) is 0 Å². The highest BCUT2D eigenvalue weighted by Gasteiger charge is 2.13. The summed E-state index contributed by atoms with van der Waals surface area (Å²) in [6.07, 6.45) is 0. The highest BCUT2D eigenvalue weighted by atomic mass is 16.8. The van der Waals surface area contributed by atoms with E-state index in [0.29, 0.717) is 0 Å². The summed E-state index contributed by atoms with van der Waals surface area (Å²) in [6.45, 7) is 3.35. The van der Waals surface area contributed by atoms with Crippen molar-refractivity contribution in [3.63, 3.8) is 0 Å². The maximum Gasteiger partial charge on any atom is 0.541 e. The van der Waals surface area contributed by atoms with Crippen molar-refractivity contribution >= 4 is 25.2 Å². The first-order valence-electron chi connectivity index (χ1n) is 7.17. The van der Waals surface area contributed by atoms with E-state index in [1.165, 1.54) is 0 Å². The van der Waals surface area contributed by atoms with Crippen molar-refractivity contribution in [2.24, 2.45) is 0 Å². The Morgan fingerprint density at radius 2 is 0.739 bits per heavy atom. The average Bonchev–Trinajstić information content (AvgIpc) is 2.06. The zero-order valence-corrected chi connectivity index (χ0v) is 16.6. The maximum atomic E-state index is 10.4. The fourth-order valence-electron chi connectivity index (χ4n) is 0.586. The highest BCUT2D eigenvalue weighted by Crippen LogP contribution is 1.94. The lowest BCUT2D eigenvalue weighted by Gasteiger charge is -2.25. The van der Waals surface area contributed by atoms with Gasteiger partial charge in [-0.15, -0.1) is 0 Å². The van der Waals surface area contributed by atoms with E-state index >= 15 is 0 Å². The summed E-state index contributed by atoms with van der Waals surface area (Å²) in [6, 6.07) is 0. The summed E-state index contributed by atoms with van der Waals surface area (Å²) in [5.74, 6) is -2.03. The lowest BCUT2D eigenvalue weighted by atomic mass is 10.2. The Hall–Kier alpha value is -1.61. The standard InChI is InChI=1S/C6H10BO6.2C4H12N.H/c1-4(8)11-7(12-5(2)9)13-6(3)10;2*1-5(2,3)4;/h7H,1-3H3;2*1-4H3;/q-1;2*+1;-1. The summed E-state index contributed by atoms with van der Waals surface area (Å²) in [5.41, 5.74) is 0. The Kier molecular flexibility index (Phi) is 13.6. The Balaban J connectivity index is -0.000000151. The van der Waals surface area contributed by atoms with E-state index < -0.39 is 25.2 Å². The van der Waals surface area contributed by atoms with Gasteiger partial charge in [-0.25, -0.2) is 0 Å². The van der Waals surface area contributed by atoms with Gasteiger partial charge in [0, 0.05) is 20.8 Å². The Labute approximate surface area is 142 Å². The average molecular weight is 338 g/mol. The normalized spacial score (nSPS) is 10.4. The first kappa shape index (κ1) is 26.3. The Bertz CT molecular complexity index is 318. The van der Waals surface area contributed by atoms with Gasteiger partial charge < -0.3 is 24.4 Å². The van der Waals surface area contributed by atoms with Crippen LogP contribution in [0.4, 0.5) is 0 Å². The molecule has 0 aliphatic heterocycles. The van der Waals surface area contributed by atoms with Crippen LogP contribution in [0.25, 0.3) is 0 Å². The molecule has 0 saturated carbocycles. The lowest BCUT2D eigenvalue weighted by Crippen LogP contribution is -2.32. The molecule has 0 heterocycles. The molecule has 0 fully saturated rings. The molecule has 0 radical (unpaired) electrons. The maximum absolute atomic E-state index is 10.4. The van der Waals surface area contributed by atoms with Crippen molar-refractivity contribution < 1.29 is 38.7 Å². The van der Waals surface area contributed by atoms with Crippen molar-refractivity contribution in [2.75, 3.05) is 56.4 Å². The number of hydrogen-bond acceptors (Lipinski definition) is 6. The number of carbonyl (C=O) groups excluding carboxylic acids is 3. The summed E-state index contributed by atoms with van der Waals surface area (Å²) in [5, 5.41) is 0. The molecule has 0 aromatic carbocycles. The van der Waals surface area contributed by atoms with E-state index in [-0.39, 0.29) is 1.43 Å². The zero-order chi connectivity index (χ0) is 19.4. The van der Waals surface area contributed by atoms with Crippen molar-refractivity contribution in [3.05, 3.63) is 0 Å². The van der Waals surface area contributed by atoms with Gasteiger partial charge in [0.25, 0.3) is 17.9 Å². The second kappa shape index (κ2) is 11.9. The first-order chi connectivity index (χ1) is 9.91. The predicted molar refractivity (Wildman–Crippen MR) is 91.5 cm³/mol. The number of carbonyl (C=O) groups is 3. The number of quaternary nitrogens is 2. The lowest BCUT2D eigenvalue weighted by molar-refractivity contribution is -0.849. The minimum absolute atomic E-state index is 0. The first-order valence-corrected chi connectivity index (χ1v) is 7.17. The van der Waals surface area contributed by atoms with Gasteiger partial charge in [0.1, 0.15) is 0 Å². The minimum Gasteiger partial charge on any atom is -1.00 e. The molecule has 0 rings (SSSR count). The second-order valence-corrected chi connectivity index (χ2v) is 7.63. The monoisotopic (exact) mass is 338 g/mol. The second-order valence-electron chi connectivity index (χ2n) is 7.63. The molecular weight excluding hydrogens is 303 g/mol. The molecule has 8 nitrogen and oxygen atoms in total. The van der Waals surface area contributed by atoms with Crippen molar-refractivity contribution in [2.45, 2.75) is 20.8 Å². The Morgan fingerprint density at radius 1 is 0.609 bits per heavy atom. The van der Waals surface area contributed by atoms with Crippen LogP contribution in [0.15, 0.2) is 0 Å². The van der Waals surface area contributed by atoms with Crippen LogP contribution in [0, 0.1) is 0 Å². The van der Waals surface area contributed by atoms with Crippen molar-refractivity contribution in [1.29, 1.82) is 0 Å². The van der Waals surface area contributed by atoms with Gasteiger partial charge in [-0.05, 0) is 0 Å². The molecule has 0 aliphatic rings. The number of hydrogen-bond donors (Lipinski definition) is 0. The third kappa shape index (κ3) is 63.9. The molecule has 0 amide bonds. The molecule has 0 aliphatic carbocycles. The van der Waals surface area contributed by atoms with Crippen LogP contribution in [0.3, 0.4) is 0 Å². The van der Waals surface area contributed by atoms with Crippen LogP contribution in [0.2, 0.25) is 0 Å². The third-order valence-electron chi connectivity index (χ3n) is 0.963. The molecule has 23 heavy (non-hydrogen) atoms. The molecule has 140 valence electrons. The third-order valence-corrected chi connectivity index (χ3v) is 0.963. The molecule has 0 aromatic heterocycles. The SMILES string of the molecule is CC(=O)O[BH-](OC(C)=O)OC(C)=O.C[N+](C)(C)C.C[N+](C)(C)C.[H-]. The van der Waals surface area contributed by atoms with Gasteiger partial charge in [0.2, 0.25) is 0 Å². The molecule has 0 unspecified atom stereocenters. The van der Waals surface area contributed by atoms with Crippen LogP contribution in [-0.2, 0) is 28.3 Å². The molecule has 0 bridgehead atoms. The van der Waals surface area contributed by atoms with E-state index in [0.717, 1.165) is 29.7 Å². The fraction of sp³-hybridized carbons (Fsp3) is 0.786. The van der Waals surface area contributed by atoms with Gasteiger partial charge >= 0.3 is 7.32 Å². The largest absolute Gasteiger partial charge is 1.00 e. The van der Waals surface area contributed by atoms with E-state index in [1.54, 1.807) is 0 Å². The predicted octanol–water partition coefficient (Wildman–Crippen LogP) is 0.150. The summed E-state index contributed by atoms with van der Waals surface area (Å²) < 4.78 is 15.3. The smallest absolute Gasteiger partial charge is 0.541 e. The van der Waals surface area contributed by atoms with Crippen molar-refractivity contribution in [1.82, 2.24) is 0 Å². The fourth-order valence-corrected chi connectivity index (χ4v) is 0.586. The molecule has 0 saturated heterocycles. The van der Waals surface area contributed by atoms with Crippen LogP contribution >= 0.6 is 0 Å². The Morgan fingerprint density at radius 3 is 0.826 bits per heavy atom. The zero-order valence-electron chi connectivity index (χ0n) is 17.6. The van der Waals surface area contributed by atoms with E-state index in [4.69, 9.17) is 0 Å². The van der Waals surface area contributed by atoms with Gasteiger partial charge in [-0.1, -0.05) is 0 Å². The van der Waals surface area contributed by atoms with Crippen LogP contribution in [-0.4, -0.2) is 90.6 Å². The van der Waals surface area contributed by atoms with Gasteiger partial charge in [-0.3, -0.25) is 14.4 Å². The summed E-state index contributed by atoms with van der Waals surface area (Å²) in [7, 11) is 14.6. The molecule has 0 spiro atoms. The molecule has 0 atom stereocenters. The molecule has 0 N–H and O–H groups in total. The van der Waals surface area contributed by atoms with Gasteiger partial charge in [-0.2, -0.15) is 0 Å². The number of rotatable bonds is 3. The van der Waals surface area contributed by atoms with Gasteiger partial charge in [0.15, 0.2) is 0 Å². The van der Waals surface area contributed by atoms with E-state index in [1.807, 2.05) is 0 Å². The molecular formula is C14H35BN2O6. The number of nitrogens with zero attached hydrogens (tertiary/aromatic N) is 2. The quantitative estimate of drug-likeness (QED) is 0.538. The van der Waals surface area contributed by atoms with Crippen LogP contribution < -0.4 is 0 Å². The van der Waals surface area contributed by atoms with Crippen LogP contribution in [0.1, 0.15) is 22.2 Å². The van der Waals surface area contributed by atoms with Gasteiger partial charge in [0.05, 0.1) is 56.4 Å². The van der Waals surface area contributed by atoms with Crippen LogP contribution in [0.5, 0.6) is 0 Å².